The van der Waals surface area contributed by atoms with Crippen molar-refractivity contribution in [1.29, 1.82) is 0 Å². The van der Waals surface area contributed by atoms with Crippen LogP contribution in [0.1, 0.15) is 46.4 Å². The first-order valence-corrected chi connectivity index (χ1v) is 6.53. The van der Waals surface area contributed by atoms with Gasteiger partial charge in [-0.3, -0.25) is 14.2 Å². The van der Waals surface area contributed by atoms with E-state index in [1.165, 1.54) is 10.9 Å². The highest BCUT2D eigenvalue weighted by molar-refractivity contribution is 6.03. The summed E-state index contributed by atoms with van der Waals surface area (Å²) >= 11 is 0. The monoisotopic (exact) mass is 291 g/mol. The first-order valence-electron chi connectivity index (χ1n) is 6.53. The molecule has 0 saturated carbocycles. The molecule has 2 aromatic heterocycles. The molecule has 0 saturated heterocycles. The van der Waals surface area contributed by atoms with Gasteiger partial charge in [0.25, 0.3) is 5.91 Å². The summed E-state index contributed by atoms with van der Waals surface area (Å²) in [6.45, 7) is 4.45. The molecular weight excluding hydrogens is 274 g/mol. The van der Waals surface area contributed by atoms with Crippen LogP contribution in [0, 0.1) is 0 Å². The van der Waals surface area contributed by atoms with Crippen LogP contribution in [0.2, 0.25) is 0 Å². The minimum atomic E-state index is -1.18. The molecule has 8 heteroatoms. The Bertz CT molecular complexity index is 673. The first kappa shape index (κ1) is 14.8. The molecule has 0 fully saturated rings. The van der Waals surface area contributed by atoms with Crippen LogP contribution in [0.4, 0.5) is 0 Å². The maximum atomic E-state index is 12.2. The summed E-state index contributed by atoms with van der Waals surface area (Å²) in [6.07, 6.45) is 2.96. The number of rotatable bonds is 5. The molecule has 1 amide bonds. The number of nitrogens with zero attached hydrogens (tertiary/aromatic N) is 4. The molecule has 1 unspecified atom stereocenters. The van der Waals surface area contributed by atoms with Crippen molar-refractivity contribution in [2.75, 3.05) is 0 Å². The maximum Gasteiger partial charge on any atom is 0.339 e. The zero-order chi connectivity index (χ0) is 15.6. The van der Waals surface area contributed by atoms with E-state index in [9.17, 15) is 9.59 Å². The van der Waals surface area contributed by atoms with Gasteiger partial charge in [-0.1, -0.05) is 0 Å². The van der Waals surface area contributed by atoms with Gasteiger partial charge in [-0.05, 0) is 19.9 Å². The van der Waals surface area contributed by atoms with Crippen molar-refractivity contribution in [3.8, 4) is 0 Å². The van der Waals surface area contributed by atoms with E-state index in [4.69, 9.17) is 5.11 Å². The summed E-state index contributed by atoms with van der Waals surface area (Å²) in [6, 6.07) is 1.51. The summed E-state index contributed by atoms with van der Waals surface area (Å²) in [5, 5.41) is 19.9. The number of hydrogen-bond acceptors (Lipinski definition) is 4. The fourth-order valence-corrected chi connectivity index (χ4v) is 2.13. The predicted molar refractivity (Wildman–Crippen MR) is 73.9 cm³/mol. The van der Waals surface area contributed by atoms with Crippen LogP contribution in [0.15, 0.2) is 18.5 Å². The highest BCUT2D eigenvalue weighted by atomic mass is 16.4. The van der Waals surface area contributed by atoms with E-state index in [1.807, 2.05) is 19.9 Å². The smallest absolute Gasteiger partial charge is 0.339 e. The second-order valence-electron chi connectivity index (χ2n) is 4.64. The van der Waals surface area contributed by atoms with Crippen LogP contribution in [0.3, 0.4) is 0 Å². The molecule has 1 atom stereocenters. The lowest BCUT2D eigenvalue weighted by Crippen LogP contribution is -2.29. The topological polar surface area (TPSA) is 102 Å². The highest BCUT2D eigenvalue weighted by Crippen LogP contribution is 2.14. The van der Waals surface area contributed by atoms with Crippen LogP contribution in [0.25, 0.3) is 0 Å². The van der Waals surface area contributed by atoms with Gasteiger partial charge in [0.2, 0.25) is 0 Å². The quantitative estimate of drug-likeness (QED) is 0.849. The van der Waals surface area contributed by atoms with Gasteiger partial charge in [0, 0.05) is 26.0 Å². The largest absolute Gasteiger partial charge is 0.478 e. The number of aryl methyl sites for hydroxylation is 2. The fraction of sp³-hybridized carbons (Fsp3) is 0.385. The summed E-state index contributed by atoms with van der Waals surface area (Å²) < 4.78 is 3.07. The molecule has 0 aromatic carbocycles. The van der Waals surface area contributed by atoms with Gasteiger partial charge in [-0.2, -0.15) is 10.2 Å². The standard InChI is InChI=1S/C13H17N5O3/c1-4-18-10(5-6-14-18)8(2)15-12(19)11-9(13(20)21)7-17(3)16-11/h5-8H,4H2,1-3H3,(H,15,19)(H,20,21). The van der Waals surface area contributed by atoms with Crippen LogP contribution in [0.5, 0.6) is 0 Å². The molecule has 112 valence electrons. The molecule has 0 aliphatic carbocycles. The predicted octanol–water partition coefficient (Wildman–Crippen LogP) is 0.826. The van der Waals surface area contributed by atoms with Crippen LogP contribution < -0.4 is 5.32 Å². The van der Waals surface area contributed by atoms with E-state index in [1.54, 1.807) is 17.9 Å². The van der Waals surface area contributed by atoms with Gasteiger partial charge in [0.05, 0.1) is 11.7 Å². The highest BCUT2D eigenvalue weighted by Gasteiger charge is 2.23. The van der Waals surface area contributed by atoms with Crippen LogP contribution in [-0.4, -0.2) is 36.5 Å². The zero-order valence-corrected chi connectivity index (χ0v) is 12.1. The van der Waals surface area contributed by atoms with E-state index >= 15 is 0 Å². The number of nitrogens with one attached hydrogen (secondary N) is 1. The lowest BCUT2D eigenvalue weighted by atomic mass is 10.2. The zero-order valence-electron chi connectivity index (χ0n) is 12.1. The summed E-state index contributed by atoms with van der Waals surface area (Å²) in [5.74, 6) is -1.70. The average molecular weight is 291 g/mol. The molecule has 2 aromatic rings. The molecule has 21 heavy (non-hydrogen) atoms. The van der Waals surface area contributed by atoms with Crippen molar-refractivity contribution in [2.45, 2.75) is 26.4 Å². The van der Waals surface area contributed by atoms with Gasteiger partial charge >= 0.3 is 5.97 Å². The molecule has 0 spiro atoms. The fourth-order valence-electron chi connectivity index (χ4n) is 2.13. The second-order valence-corrected chi connectivity index (χ2v) is 4.64. The van der Waals surface area contributed by atoms with Gasteiger partial charge in [0.1, 0.15) is 5.56 Å². The number of carbonyl (C=O) groups is 2. The molecule has 2 heterocycles. The molecule has 0 radical (unpaired) electrons. The molecule has 0 aliphatic rings. The minimum Gasteiger partial charge on any atom is -0.478 e. The molecular formula is C13H17N5O3. The Morgan fingerprint density at radius 3 is 2.81 bits per heavy atom. The Labute approximate surface area is 121 Å². The van der Waals surface area contributed by atoms with Gasteiger partial charge < -0.3 is 10.4 Å². The molecule has 0 bridgehead atoms. The van der Waals surface area contributed by atoms with E-state index < -0.39 is 11.9 Å². The van der Waals surface area contributed by atoms with Crippen molar-refractivity contribution in [2.24, 2.45) is 7.05 Å². The van der Waals surface area contributed by atoms with Crippen molar-refractivity contribution in [1.82, 2.24) is 24.9 Å². The number of amides is 1. The van der Waals surface area contributed by atoms with Crippen LogP contribution >= 0.6 is 0 Å². The normalized spacial score (nSPS) is 12.1. The second kappa shape index (κ2) is 5.78. The molecule has 8 nitrogen and oxygen atoms in total. The Morgan fingerprint density at radius 2 is 2.19 bits per heavy atom. The lowest BCUT2D eigenvalue weighted by molar-refractivity contribution is 0.0690. The third-order valence-electron chi connectivity index (χ3n) is 3.11. The number of hydrogen-bond donors (Lipinski definition) is 2. The van der Waals surface area contributed by atoms with Crippen molar-refractivity contribution in [3.63, 3.8) is 0 Å². The van der Waals surface area contributed by atoms with Crippen molar-refractivity contribution >= 4 is 11.9 Å². The summed E-state index contributed by atoms with van der Waals surface area (Å²) in [7, 11) is 1.57. The Morgan fingerprint density at radius 1 is 1.48 bits per heavy atom. The number of carbonyl (C=O) groups excluding carboxylic acids is 1. The Hall–Kier alpha value is -2.64. The number of carboxylic acid groups (broad SMARTS) is 1. The van der Waals surface area contributed by atoms with Crippen LogP contribution in [-0.2, 0) is 13.6 Å². The molecule has 0 aliphatic heterocycles. The number of aromatic nitrogens is 4. The van der Waals surface area contributed by atoms with Crippen molar-refractivity contribution < 1.29 is 14.7 Å². The number of aromatic carboxylic acids is 1. The maximum absolute atomic E-state index is 12.2. The van der Waals surface area contributed by atoms with Gasteiger partial charge in [-0.25, -0.2) is 4.79 Å². The Balaban J connectivity index is 2.20. The van der Waals surface area contributed by atoms with Gasteiger partial charge in [0.15, 0.2) is 5.69 Å². The summed E-state index contributed by atoms with van der Waals surface area (Å²) in [5.41, 5.74) is 0.629. The third-order valence-corrected chi connectivity index (χ3v) is 3.11. The third kappa shape index (κ3) is 2.93. The Kier molecular flexibility index (Phi) is 4.06. The molecule has 2 rings (SSSR count). The SMILES string of the molecule is CCn1nccc1C(C)NC(=O)c1nn(C)cc1C(=O)O. The average Bonchev–Trinajstić information content (AvgIpc) is 3.04. The van der Waals surface area contributed by atoms with Gasteiger partial charge in [-0.15, -0.1) is 0 Å². The van der Waals surface area contributed by atoms with E-state index in [0.29, 0.717) is 6.54 Å². The van der Waals surface area contributed by atoms with E-state index in [2.05, 4.69) is 15.5 Å². The number of carboxylic acids is 1. The first-order chi connectivity index (χ1) is 9.93. The lowest BCUT2D eigenvalue weighted by Gasteiger charge is -2.14. The molecule has 2 N–H and O–H groups in total. The van der Waals surface area contributed by atoms with E-state index in [0.717, 1.165) is 5.69 Å². The van der Waals surface area contributed by atoms with E-state index in [-0.39, 0.29) is 17.3 Å². The van der Waals surface area contributed by atoms with Crippen molar-refractivity contribution in [3.05, 3.63) is 35.4 Å². The minimum absolute atomic E-state index is 0.0978. The summed E-state index contributed by atoms with van der Waals surface area (Å²) in [4.78, 5) is 23.3.